The first-order chi connectivity index (χ1) is 9.36. The van der Waals surface area contributed by atoms with Gasteiger partial charge >= 0.3 is 0 Å². The third-order valence-corrected chi connectivity index (χ3v) is 5.46. The first kappa shape index (κ1) is 15.4. The van der Waals surface area contributed by atoms with E-state index >= 15 is 0 Å². The summed E-state index contributed by atoms with van der Waals surface area (Å²) in [4.78, 5) is 0. The summed E-state index contributed by atoms with van der Waals surface area (Å²) in [6, 6.07) is 1.58. The Kier molecular flexibility index (Phi) is 7.27. The van der Waals surface area contributed by atoms with Crippen molar-refractivity contribution in [2.24, 2.45) is 5.92 Å². The fraction of sp³-hybridized carbons (Fsp3) is 1.00. The van der Waals surface area contributed by atoms with Gasteiger partial charge in [0.15, 0.2) is 0 Å². The Labute approximate surface area is 120 Å². The highest BCUT2D eigenvalue weighted by Gasteiger charge is 2.25. The average molecular weight is 265 g/mol. The van der Waals surface area contributed by atoms with Gasteiger partial charge < -0.3 is 5.32 Å². The van der Waals surface area contributed by atoms with Crippen LogP contribution in [0.3, 0.4) is 0 Å². The molecule has 0 radical (unpaired) electrons. The lowest BCUT2D eigenvalue weighted by atomic mass is 9.80. The molecular formula is C18H35N. The normalized spacial score (nSPS) is 27.0. The van der Waals surface area contributed by atoms with Crippen molar-refractivity contribution in [3.8, 4) is 0 Å². The van der Waals surface area contributed by atoms with Gasteiger partial charge in [0.25, 0.3) is 0 Å². The minimum absolute atomic E-state index is 0.770. The average Bonchev–Trinajstić information content (AvgIpc) is 2.30. The molecule has 0 aromatic rings. The molecule has 1 N–H and O–H groups in total. The summed E-state index contributed by atoms with van der Waals surface area (Å²) in [6.07, 6.45) is 20.5. The molecule has 112 valence electrons. The largest absolute Gasteiger partial charge is 0.311 e. The Bertz CT molecular complexity index is 210. The molecule has 0 aromatic carbocycles. The summed E-state index contributed by atoms with van der Waals surface area (Å²) in [6.45, 7) is 2.43. The van der Waals surface area contributed by atoms with Gasteiger partial charge in [0.2, 0.25) is 0 Å². The Morgan fingerprint density at radius 3 is 1.53 bits per heavy atom. The van der Waals surface area contributed by atoms with Crippen LogP contribution in [0.5, 0.6) is 0 Å². The first-order valence-corrected chi connectivity index (χ1v) is 9.12. The van der Waals surface area contributed by atoms with Crippen LogP contribution in [0.15, 0.2) is 0 Å². The third-order valence-electron chi connectivity index (χ3n) is 5.46. The highest BCUT2D eigenvalue weighted by Crippen LogP contribution is 2.30. The van der Waals surface area contributed by atoms with Crippen LogP contribution in [-0.4, -0.2) is 12.1 Å². The molecule has 1 atom stereocenters. The molecule has 19 heavy (non-hydrogen) atoms. The second-order valence-electron chi connectivity index (χ2n) is 7.10. The van der Waals surface area contributed by atoms with Crippen LogP contribution in [0, 0.1) is 5.92 Å². The zero-order valence-electron chi connectivity index (χ0n) is 13.1. The highest BCUT2D eigenvalue weighted by molar-refractivity contribution is 4.82. The van der Waals surface area contributed by atoms with Gasteiger partial charge in [-0.05, 0) is 38.5 Å². The highest BCUT2D eigenvalue weighted by atomic mass is 15.0. The summed E-state index contributed by atoms with van der Waals surface area (Å²) in [5.74, 6) is 0.987. The molecular weight excluding hydrogens is 230 g/mol. The molecule has 2 fully saturated rings. The number of rotatable bonds is 3. The van der Waals surface area contributed by atoms with Gasteiger partial charge in [-0.15, -0.1) is 0 Å². The Morgan fingerprint density at radius 1 is 0.632 bits per heavy atom. The number of hydrogen-bond donors (Lipinski definition) is 1. The van der Waals surface area contributed by atoms with E-state index in [1.807, 2.05) is 0 Å². The van der Waals surface area contributed by atoms with E-state index in [2.05, 4.69) is 12.2 Å². The molecule has 1 unspecified atom stereocenters. The smallest absolute Gasteiger partial charge is 0.00696 e. The molecule has 1 nitrogen and oxygen atoms in total. The van der Waals surface area contributed by atoms with Crippen LogP contribution >= 0.6 is 0 Å². The second kappa shape index (κ2) is 9.00. The van der Waals surface area contributed by atoms with Crippen molar-refractivity contribution in [1.82, 2.24) is 5.32 Å². The Hall–Kier alpha value is -0.0400. The predicted molar refractivity (Wildman–Crippen MR) is 84.5 cm³/mol. The molecule has 1 heteroatoms. The second-order valence-corrected chi connectivity index (χ2v) is 7.10. The van der Waals surface area contributed by atoms with Crippen LogP contribution in [0.25, 0.3) is 0 Å². The predicted octanol–water partition coefficient (Wildman–Crippen LogP) is 5.44. The maximum atomic E-state index is 3.97. The molecule has 0 aromatic heterocycles. The number of hydrogen-bond acceptors (Lipinski definition) is 1. The monoisotopic (exact) mass is 265 g/mol. The summed E-state index contributed by atoms with van der Waals surface area (Å²) >= 11 is 0. The van der Waals surface area contributed by atoms with E-state index in [9.17, 15) is 0 Å². The minimum Gasteiger partial charge on any atom is -0.311 e. The topological polar surface area (TPSA) is 12.0 Å². The van der Waals surface area contributed by atoms with Crippen LogP contribution in [0.4, 0.5) is 0 Å². The zero-order valence-corrected chi connectivity index (χ0v) is 13.1. The van der Waals surface area contributed by atoms with Gasteiger partial charge in [0.05, 0.1) is 0 Å². The number of nitrogens with one attached hydrogen (secondary N) is 1. The third kappa shape index (κ3) is 5.85. The van der Waals surface area contributed by atoms with E-state index in [0.717, 1.165) is 18.0 Å². The first-order valence-electron chi connectivity index (χ1n) is 9.12. The molecule has 0 aliphatic heterocycles. The fourth-order valence-corrected chi connectivity index (χ4v) is 3.78. The minimum atomic E-state index is 0.770. The lowest BCUT2D eigenvalue weighted by Crippen LogP contribution is -2.43. The van der Waals surface area contributed by atoms with Crippen molar-refractivity contribution >= 4 is 0 Å². The van der Waals surface area contributed by atoms with Crippen LogP contribution in [0.2, 0.25) is 0 Å². The van der Waals surface area contributed by atoms with Crippen molar-refractivity contribution in [3.05, 3.63) is 0 Å². The molecule has 2 saturated carbocycles. The van der Waals surface area contributed by atoms with E-state index in [1.165, 1.54) is 89.9 Å². The van der Waals surface area contributed by atoms with Gasteiger partial charge in [-0.1, -0.05) is 64.2 Å². The van der Waals surface area contributed by atoms with Gasteiger partial charge in [0, 0.05) is 12.1 Å². The molecule has 0 saturated heterocycles. The van der Waals surface area contributed by atoms with Crippen molar-refractivity contribution in [2.75, 3.05) is 0 Å². The van der Waals surface area contributed by atoms with E-state index < -0.39 is 0 Å². The zero-order chi connectivity index (χ0) is 13.3. The van der Waals surface area contributed by atoms with E-state index in [4.69, 9.17) is 0 Å². The molecule has 0 spiro atoms. The van der Waals surface area contributed by atoms with Gasteiger partial charge in [0.1, 0.15) is 0 Å². The molecule has 2 aliphatic carbocycles. The lowest BCUT2D eigenvalue weighted by molar-refractivity contribution is 0.217. The van der Waals surface area contributed by atoms with E-state index in [-0.39, 0.29) is 0 Å². The van der Waals surface area contributed by atoms with Crippen LogP contribution in [0.1, 0.15) is 96.8 Å². The van der Waals surface area contributed by atoms with E-state index in [0.29, 0.717) is 0 Å². The van der Waals surface area contributed by atoms with E-state index in [1.54, 1.807) is 0 Å². The summed E-state index contributed by atoms with van der Waals surface area (Å²) in [5.41, 5.74) is 0. The Balaban J connectivity index is 1.70. The summed E-state index contributed by atoms with van der Waals surface area (Å²) < 4.78 is 0. The summed E-state index contributed by atoms with van der Waals surface area (Å²) in [5, 5.41) is 3.97. The lowest BCUT2D eigenvalue weighted by Gasteiger charge is -2.35. The van der Waals surface area contributed by atoms with Gasteiger partial charge in [-0.2, -0.15) is 0 Å². The maximum absolute atomic E-state index is 3.97. The van der Waals surface area contributed by atoms with Crippen molar-refractivity contribution in [3.63, 3.8) is 0 Å². The standard InChI is InChI=1S/C18H35N/c1-16(17-12-11-13-17)19-18-14-9-7-5-3-2-4-6-8-10-15-18/h16-19H,2-15H2,1H3. The quantitative estimate of drug-likeness (QED) is 0.716. The SMILES string of the molecule is CC(NC1CCCCCCCCCCC1)C1CCC1. The van der Waals surface area contributed by atoms with Crippen LogP contribution < -0.4 is 5.32 Å². The van der Waals surface area contributed by atoms with Gasteiger partial charge in [-0.3, -0.25) is 0 Å². The van der Waals surface area contributed by atoms with Crippen molar-refractivity contribution < 1.29 is 0 Å². The maximum Gasteiger partial charge on any atom is 0.00696 e. The molecule has 0 bridgehead atoms. The molecule has 0 heterocycles. The molecule has 2 rings (SSSR count). The van der Waals surface area contributed by atoms with Crippen molar-refractivity contribution in [2.45, 2.75) is 109 Å². The van der Waals surface area contributed by atoms with Crippen LogP contribution in [-0.2, 0) is 0 Å². The molecule has 2 aliphatic rings. The fourth-order valence-electron chi connectivity index (χ4n) is 3.78. The Morgan fingerprint density at radius 2 is 1.11 bits per heavy atom. The van der Waals surface area contributed by atoms with Gasteiger partial charge in [-0.25, -0.2) is 0 Å². The summed E-state index contributed by atoms with van der Waals surface area (Å²) in [7, 11) is 0. The molecule has 0 amide bonds. The van der Waals surface area contributed by atoms with Crippen molar-refractivity contribution in [1.29, 1.82) is 0 Å².